The van der Waals surface area contributed by atoms with E-state index in [1.54, 1.807) is 4.90 Å². The minimum atomic E-state index is -0.206. The van der Waals surface area contributed by atoms with Crippen LogP contribution in [0.2, 0.25) is 0 Å². The summed E-state index contributed by atoms with van der Waals surface area (Å²) in [5.74, 6) is 2.16. The van der Waals surface area contributed by atoms with Crippen LogP contribution in [0.25, 0.3) is 0 Å². The summed E-state index contributed by atoms with van der Waals surface area (Å²) in [7, 11) is 2.03. The average molecular weight is 351 g/mol. The lowest BCUT2D eigenvalue weighted by molar-refractivity contribution is 0.0326. The van der Waals surface area contributed by atoms with E-state index in [0.29, 0.717) is 13.2 Å². The topological polar surface area (TPSA) is 72.7 Å². The molecule has 3 rings (SSSR count). The Morgan fingerprint density at radius 2 is 2.08 bits per heavy atom. The number of hydrogen-bond donors (Lipinski definition) is 0. The van der Waals surface area contributed by atoms with Crippen LogP contribution < -0.4 is 0 Å². The van der Waals surface area contributed by atoms with Crippen LogP contribution in [0.3, 0.4) is 0 Å². The molecule has 1 aromatic heterocycles. The molecule has 2 aliphatic rings. The van der Waals surface area contributed by atoms with E-state index >= 15 is 0 Å². The van der Waals surface area contributed by atoms with Gasteiger partial charge < -0.3 is 18.9 Å². The first kappa shape index (κ1) is 18.1. The molecule has 0 N–H and O–H groups in total. The molecule has 0 aliphatic carbocycles. The van der Waals surface area contributed by atoms with Gasteiger partial charge in [-0.2, -0.15) is 0 Å². The monoisotopic (exact) mass is 351 g/mol. The number of carbonyl (C=O) groups is 1. The molecule has 8 nitrogen and oxygen atoms in total. The lowest BCUT2D eigenvalue weighted by atomic mass is 9.97. The largest absolute Gasteiger partial charge is 0.449 e. The third kappa shape index (κ3) is 4.49. The quantitative estimate of drug-likeness (QED) is 0.798. The first-order chi connectivity index (χ1) is 12.2. The molecule has 1 aromatic rings. The highest BCUT2D eigenvalue weighted by Gasteiger charge is 2.29. The Morgan fingerprint density at radius 1 is 1.28 bits per heavy atom. The zero-order chi connectivity index (χ0) is 17.6. The summed E-state index contributed by atoms with van der Waals surface area (Å²) in [6, 6.07) is 0. The van der Waals surface area contributed by atoms with Gasteiger partial charge in [0, 0.05) is 39.1 Å². The molecule has 0 aromatic carbocycles. The van der Waals surface area contributed by atoms with Crippen molar-refractivity contribution in [2.75, 3.05) is 46.0 Å². The number of piperidine rings is 1. The molecule has 2 saturated heterocycles. The molecule has 140 valence electrons. The lowest BCUT2D eigenvalue weighted by Gasteiger charge is -2.31. The molecule has 8 heteroatoms. The number of rotatable bonds is 5. The van der Waals surface area contributed by atoms with Crippen LogP contribution >= 0.6 is 0 Å². The molecule has 2 fully saturated rings. The Balaban J connectivity index is 1.62. The molecule has 25 heavy (non-hydrogen) atoms. The summed E-state index contributed by atoms with van der Waals surface area (Å²) in [4.78, 5) is 16.3. The molecule has 1 amide bonds. The normalized spacial score (nSPS) is 22.2. The van der Waals surface area contributed by atoms with Crippen molar-refractivity contribution in [1.29, 1.82) is 0 Å². The Hall–Kier alpha value is -1.67. The third-order valence-electron chi connectivity index (χ3n) is 4.94. The maximum Gasteiger partial charge on any atom is 0.409 e. The predicted molar refractivity (Wildman–Crippen MR) is 92.3 cm³/mol. The molecule has 0 bridgehead atoms. The first-order valence-electron chi connectivity index (χ1n) is 9.29. The smallest absolute Gasteiger partial charge is 0.409 e. The van der Waals surface area contributed by atoms with Crippen LogP contribution in [0.1, 0.15) is 43.8 Å². The summed E-state index contributed by atoms with van der Waals surface area (Å²) in [6.07, 6.45) is 2.64. The van der Waals surface area contributed by atoms with Crippen LogP contribution in [0.4, 0.5) is 4.79 Å². The minimum Gasteiger partial charge on any atom is -0.449 e. The third-order valence-corrected chi connectivity index (χ3v) is 4.94. The van der Waals surface area contributed by atoms with Crippen molar-refractivity contribution in [3.05, 3.63) is 11.6 Å². The zero-order valence-corrected chi connectivity index (χ0v) is 15.3. The highest BCUT2D eigenvalue weighted by Crippen LogP contribution is 2.26. The standard InChI is InChI=1S/C17H29N5O3/c1-3-9-25-17(23)22-6-4-5-14(12-22)16-19-18-15(20(16)2)13-21-7-10-24-11-8-21/h14H,3-13H2,1-2H3/t14-/m0/s1. The van der Waals surface area contributed by atoms with Gasteiger partial charge >= 0.3 is 6.09 Å². The average Bonchev–Trinajstić information content (AvgIpc) is 3.01. The van der Waals surface area contributed by atoms with Gasteiger partial charge in [0.2, 0.25) is 0 Å². The van der Waals surface area contributed by atoms with Gasteiger partial charge in [0.25, 0.3) is 0 Å². The van der Waals surface area contributed by atoms with Gasteiger partial charge in [-0.15, -0.1) is 10.2 Å². The summed E-state index contributed by atoms with van der Waals surface area (Å²) in [5, 5.41) is 8.84. The number of aromatic nitrogens is 3. The van der Waals surface area contributed by atoms with E-state index in [0.717, 1.165) is 70.3 Å². The fraction of sp³-hybridized carbons (Fsp3) is 0.824. The van der Waals surface area contributed by atoms with Gasteiger partial charge in [-0.3, -0.25) is 4.90 Å². The van der Waals surface area contributed by atoms with Crippen molar-refractivity contribution in [1.82, 2.24) is 24.6 Å². The molecule has 1 atom stereocenters. The Kier molecular flexibility index (Phi) is 6.25. The lowest BCUT2D eigenvalue weighted by Crippen LogP contribution is -2.40. The summed E-state index contributed by atoms with van der Waals surface area (Å²) in [6.45, 7) is 8.12. The maximum atomic E-state index is 12.1. The van der Waals surface area contributed by atoms with Gasteiger partial charge in [0.1, 0.15) is 11.6 Å². The van der Waals surface area contributed by atoms with Gasteiger partial charge in [-0.25, -0.2) is 4.79 Å². The molecule has 0 spiro atoms. The second kappa shape index (κ2) is 8.62. The molecule has 0 saturated carbocycles. The van der Waals surface area contributed by atoms with E-state index in [9.17, 15) is 4.79 Å². The molecule has 3 heterocycles. The number of nitrogens with zero attached hydrogens (tertiary/aromatic N) is 5. The summed E-state index contributed by atoms with van der Waals surface area (Å²) in [5.41, 5.74) is 0. The van der Waals surface area contributed by atoms with E-state index in [1.807, 2.05) is 14.0 Å². The fourth-order valence-electron chi connectivity index (χ4n) is 3.46. The highest BCUT2D eigenvalue weighted by atomic mass is 16.6. The number of carbonyl (C=O) groups excluding carboxylic acids is 1. The molecular formula is C17H29N5O3. The number of ether oxygens (including phenoxy) is 2. The van der Waals surface area contributed by atoms with E-state index < -0.39 is 0 Å². The number of amides is 1. The van der Waals surface area contributed by atoms with Crippen molar-refractivity contribution >= 4 is 6.09 Å². The Bertz CT molecular complexity index is 571. The minimum absolute atomic E-state index is 0.206. The summed E-state index contributed by atoms with van der Waals surface area (Å²) < 4.78 is 12.8. The predicted octanol–water partition coefficient (Wildman–Crippen LogP) is 1.37. The maximum absolute atomic E-state index is 12.1. The van der Waals surface area contributed by atoms with Crippen molar-refractivity contribution < 1.29 is 14.3 Å². The molecule has 2 aliphatic heterocycles. The zero-order valence-electron chi connectivity index (χ0n) is 15.3. The van der Waals surface area contributed by atoms with E-state index in [1.165, 1.54) is 0 Å². The van der Waals surface area contributed by atoms with Gasteiger partial charge in [-0.1, -0.05) is 6.92 Å². The summed E-state index contributed by atoms with van der Waals surface area (Å²) >= 11 is 0. The number of likely N-dealkylation sites (tertiary alicyclic amines) is 1. The van der Waals surface area contributed by atoms with Crippen molar-refractivity contribution in [2.24, 2.45) is 7.05 Å². The van der Waals surface area contributed by atoms with Gasteiger partial charge in [0.05, 0.1) is 26.4 Å². The second-order valence-corrected chi connectivity index (χ2v) is 6.82. The van der Waals surface area contributed by atoms with Crippen LogP contribution in [0.5, 0.6) is 0 Å². The van der Waals surface area contributed by atoms with E-state index in [4.69, 9.17) is 9.47 Å². The van der Waals surface area contributed by atoms with Crippen molar-refractivity contribution in [3.8, 4) is 0 Å². The van der Waals surface area contributed by atoms with Crippen LogP contribution in [-0.2, 0) is 23.1 Å². The second-order valence-electron chi connectivity index (χ2n) is 6.82. The first-order valence-corrected chi connectivity index (χ1v) is 9.29. The highest BCUT2D eigenvalue weighted by molar-refractivity contribution is 5.67. The van der Waals surface area contributed by atoms with Gasteiger partial charge in [-0.05, 0) is 19.3 Å². The van der Waals surface area contributed by atoms with Crippen molar-refractivity contribution in [2.45, 2.75) is 38.6 Å². The van der Waals surface area contributed by atoms with E-state index in [2.05, 4.69) is 19.7 Å². The SMILES string of the molecule is CCCOC(=O)N1CCC[C@H](c2nnc(CN3CCOCC3)n2C)C1. The van der Waals surface area contributed by atoms with Gasteiger partial charge in [0.15, 0.2) is 0 Å². The molecular weight excluding hydrogens is 322 g/mol. The Morgan fingerprint density at radius 3 is 2.84 bits per heavy atom. The molecule has 0 radical (unpaired) electrons. The van der Waals surface area contributed by atoms with Crippen molar-refractivity contribution in [3.63, 3.8) is 0 Å². The number of hydrogen-bond acceptors (Lipinski definition) is 6. The van der Waals surface area contributed by atoms with Crippen LogP contribution in [0.15, 0.2) is 0 Å². The molecule has 0 unspecified atom stereocenters. The number of morpholine rings is 1. The van der Waals surface area contributed by atoms with E-state index in [-0.39, 0.29) is 12.0 Å². The van der Waals surface area contributed by atoms with Crippen LogP contribution in [-0.4, -0.2) is 76.7 Å². The fourth-order valence-corrected chi connectivity index (χ4v) is 3.46. The Labute approximate surface area is 149 Å². The van der Waals surface area contributed by atoms with Crippen LogP contribution in [0, 0.1) is 0 Å².